The summed E-state index contributed by atoms with van der Waals surface area (Å²) in [6, 6.07) is 0. The van der Waals surface area contributed by atoms with Gasteiger partial charge < -0.3 is 20.7 Å². The van der Waals surface area contributed by atoms with Crippen molar-refractivity contribution in [3.8, 4) is 0 Å². The first-order valence-corrected chi connectivity index (χ1v) is 6.93. The zero-order valence-corrected chi connectivity index (χ0v) is 11.9. The van der Waals surface area contributed by atoms with Gasteiger partial charge in [0.05, 0.1) is 12.4 Å². The summed E-state index contributed by atoms with van der Waals surface area (Å²) in [5.41, 5.74) is 6.67. The molecule has 0 radical (unpaired) electrons. The molecule has 8 heteroatoms. The third-order valence-corrected chi connectivity index (χ3v) is 3.70. The summed E-state index contributed by atoms with van der Waals surface area (Å²) >= 11 is 0. The second kappa shape index (κ2) is 5.21. The molecule has 114 valence electrons. The number of anilines is 1. The number of nitrogen functional groups attached to an aromatic ring is 1. The van der Waals surface area contributed by atoms with E-state index in [0.29, 0.717) is 23.5 Å². The van der Waals surface area contributed by atoms with Gasteiger partial charge in [-0.25, -0.2) is 15.0 Å². The molecule has 1 aliphatic heterocycles. The summed E-state index contributed by atoms with van der Waals surface area (Å²) in [6.07, 6.45) is 0.368. The normalized spacial score (nSPS) is 29.6. The van der Waals surface area contributed by atoms with Gasteiger partial charge in [-0.2, -0.15) is 0 Å². The first-order valence-electron chi connectivity index (χ1n) is 6.93. The number of hydrogen-bond donors (Lipinski definition) is 3. The van der Waals surface area contributed by atoms with Crippen LogP contribution in [0.5, 0.6) is 0 Å². The molecule has 0 saturated carbocycles. The summed E-state index contributed by atoms with van der Waals surface area (Å²) in [7, 11) is 0. The van der Waals surface area contributed by atoms with Crippen LogP contribution in [0.15, 0.2) is 12.7 Å². The van der Waals surface area contributed by atoms with Gasteiger partial charge in [-0.15, -0.1) is 0 Å². The van der Waals surface area contributed by atoms with Gasteiger partial charge in [0, 0.05) is 0 Å². The molecule has 2 aromatic heterocycles. The van der Waals surface area contributed by atoms with Gasteiger partial charge in [0.1, 0.15) is 24.1 Å². The van der Waals surface area contributed by atoms with Gasteiger partial charge in [0.15, 0.2) is 17.7 Å². The third kappa shape index (κ3) is 2.35. The number of nitrogens with zero attached hydrogens (tertiary/aromatic N) is 4. The number of nitrogens with two attached hydrogens (primary N) is 1. The van der Waals surface area contributed by atoms with Gasteiger partial charge in [-0.1, -0.05) is 13.8 Å². The molecule has 1 fully saturated rings. The largest absolute Gasteiger partial charge is 0.388 e. The second-order valence-corrected chi connectivity index (χ2v) is 5.76. The van der Waals surface area contributed by atoms with Crippen molar-refractivity contribution in [3.63, 3.8) is 0 Å². The fourth-order valence-corrected chi connectivity index (χ4v) is 2.67. The highest BCUT2D eigenvalue weighted by Crippen LogP contribution is 2.34. The SMILES string of the molecule is CC(C)CC1O[C@@H](n2cnc3c(N)ncnc32)[C@H](O)[C@@H]1O. The Balaban J connectivity index is 1.94. The predicted octanol–water partition coefficient (Wildman–Crippen LogP) is 0.0738. The van der Waals surface area contributed by atoms with Gasteiger partial charge >= 0.3 is 0 Å². The van der Waals surface area contributed by atoms with Crippen molar-refractivity contribution in [2.24, 2.45) is 5.92 Å². The number of aromatic nitrogens is 4. The van der Waals surface area contributed by atoms with Crippen molar-refractivity contribution >= 4 is 17.0 Å². The number of ether oxygens (including phenoxy) is 1. The van der Waals surface area contributed by atoms with Crippen LogP contribution in [0.2, 0.25) is 0 Å². The van der Waals surface area contributed by atoms with Crippen LogP contribution in [0.4, 0.5) is 5.82 Å². The zero-order chi connectivity index (χ0) is 15.1. The molecule has 1 aliphatic rings. The molecule has 0 spiro atoms. The fraction of sp³-hybridized carbons (Fsp3) is 0.615. The average Bonchev–Trinajstić information content (AvgIpc) is 2.96. The van der Waals surface area contributed by atoms with Gasteiger partial charge in [0.25, 0.3) is 0 Å². The van der Waals surface area contributed by atoms with Crippen LogP contribution in [-0.2, 0) is 4.74 Å². The van der Waals surface area contributed by atoms with Crippen molar-refractivity contribution in [1.29, 1.82) is 0 Å². The van der Waals surface area contributed by atoms with Crippen LogP contribution in [0.3, 0.4) is 0 Å². The molecule has 0 aliphatic carbocycles. The van der Waals surface area contributed by atoms with Crippen LogP contribution in [0.25, 0.3) is 11.2 Å². The van der Waals surface area contributed by atoms with E-state index in [1.54, 1.807) is 4.57 Å². The second-order valence-electron chi connectivity index (χ2n) is 5.76. The number of fused-ring (bicyclic) bond motifs is 1. The quantitative estimate of drug-likeness (QED) is 0.732. The predicted molar refractivity (Wildman–Crippen MR) is 75.1 cm³/mol. The molecule has 0 amide bonds. The first-order chi connectivity index (χ1) is 9.99. The zero-order valence-electron chi connectivity index (χ0n) is 11.9. The lowest BCUT2D eigenvalue weighted by Gasteiger charge is -2.17. The topological polar surface area (TPSA) is 119 Å². The third-order valence-electron chi connectivity index (χ3n) is 3.70. The van der Waals surface area contributed by atoms with Crippen LogP contribution in [0, 0.1) is 5.92 Å². The summed E-state index contributed by atoms with van der Waals surface area (Å²) < 4.78 is 7.40. The first kappa shape index (κ1) is 14.2. The Hall–Kier alpha value is -1.77. The summed E-state index contributed by atoms with van der Waals surface area (Å²) in [6.45, 7) is 4.08. The minimum absolute atomic E-state index is 0.269. The molecule has 0 aromatic carbocycles. The van der Waals surface area contributed by atoms with Crippen molar-refractivity contribution in [2.45, 2.75) is 44.8 Å². The Morgan fingerprint density at radius 3 is 2.76 bits per heavy atom. The minimum atomic E-state index is -1.04. The fourth-order valence-electron chi connectivity index (χ4n) is 2.67. The van der Waals surface area contributed by atoms with E-state index in [9.17, 15) is 10.2 Å². The van der Waals surface area contributed by atoms with Crippen LogP contribution < -0.4 is 5.73 Å². The Bertz CT molecular complexity index is 644. The number of hydrogen-bond acceptors (Lipinski definition) is 7. The standard InChI is InChI=1S/C13H19N5O3/c1-6(2)3-7-9(19)10(20)13(21-7)18-5-17-8-11(14)15-4-16-12(8)18/h4-7,9-10,13,19-20H,3H2,1-2H3,(H2,14,15,16)/t7?,9-,10-,13-/m1/s1. The van der Waals surface area contributed by atoms with E-state index in [-0.39, 0.29) is 5.82 Å². The Kier molecular flexibility index (Phi) is 3.52. The van der Waals surface area contributed by atoms with Gasteiger partial charge in [0.2, 0.25) is 0 Å². The highest BCUT2D eigenvalue weighted by atomic mass is 16.6. The Morgan fingerprint density at radius 2 is 2.05 bits per heavy atom. The van der Waals surface area contributed by atoms with Crippen molar-refractivity contribution in [3.05, 3.63) is 12.7 Å². The van der Waals surface area contributed by atoms with E-state index < -0.39 is 24.5 Å². The number of aliphatic hydroxyl groups excluding tert-OH is 2. The summed E-state index contributed by atoms with van der Waals surface area (Å²) in [5.74, 6) is 0.624. The minimum Gasteiger partial charge on any atom is -0.388 e. The summed E-state index contributed by atoms with van der Waals surface area (Å²) in [5, 5.41) is 20.4. The summed E-state index contributed by atoms with van der Waals surface area (Å²) in [4.78, 5) is 12.2. The van der Waals surface area contributed by atoms with Crippen LogP contribution in [0.1, 0.15) is 26.5 Å². The number of rotatable bonds is 3. The molecule has 0 bridgehead atoms. The molecular formula is C13H19N5O3. The molecule has 1 unspecified atom stereocenters. The molecule has 1 saturated heterocycles. The molecule has 3 rings (SSSR count). The Morgan fingerprint density at radius 1 is 1.29 bits per heavy atom. The van der Waals surface area contributed by atoms with E-state index in [2.05, 4.69) is 15.0 Å². The highest BCUT2D eigenvalue weighted by molar-refractivity contribution is 5.81. The molecule has 4 atom stereocenters. The van der Waals surface area contributed by atoms with Crippen LogP contribution in [-0.4, -0.2) is 48.0 Å². The highest BCUT2D eigenvalue weighted by Gasteiger charge is 2.44. The van der Waals surface area contributed by atoms with E-state index in [1.807, 2.05) is 13.8 Å². The van der Waals surface area contributed by atoms with E-state index in [0.717, 1.165) is 0 Å². The average molecular weight is 293 g/mol. The van der Waals surface area contributed by atoms with Crippen molar-refractivity contribution in [1.82, 2.24) is 19.5 Å². The monoisotopic (exact) mass is 293 g/mol. The maximum atomic E-state index is 10.2. The lowest BCUT2D eigenvalue weighted by Crippen LogP contribution is -2.32. The molecule has 4 N–H and O–H groups in total. The van der Waals surface area contributed by atoms with E-state index in [1.165, 1.54) is 12.7 Å². The van der Waals surface area contributed by atoms with Gasteiger partial charge in [-0.05, 0) is 12.3 Å². The van der Waals surface area contributed by atoms with E-state index >= 15 is 0 Å². The maximum absolute atomic E-state index is 10.2. The Labute approximate surface area is 121 Å². The van der Waals surface area contributed by atoms with Crippen molar-refractivity contribution < 1.29 is 14.9 Å². The van der Waals surface area contributed by atoms with Crippen LogP contribution >= 0.6 is 0 Å². The lowest BCUT2D eigenvalue weighted by molar-refractivity contribution is -0.0401. The smallest absolute Gasteiger partial charge is 0.167 e. The lowest BCUT2D eigenvalue weighted by atomic mass is 10.0. The van der Waals surface area contributed by atoms with Crippen molar-refractivity contribution in [2.75, 3.05) is 5.73 Å². The number of imidazole rings is 1. The molecular weight excluding hydrogens is 274 g/mol. The molecule has 3 heterocycles. The maximum Gasteiger partial charge on any atom is 0.167 e. The number of aliphatic hydroxyl groups is 2. The molecule has 2 aromatic rings. The van der Waals surface area contributed by atoms with E-state index in [4.69, 9.17) is 10.5 Å². The molecule has 21 heavy (non-hydrogen) atoms. The van der Waals surface area contributed by atoms with Gasteiger partial charge in [-0.3, -0.25) is 4.57 Å². The molecule has 8 nitrogen and oxygen atoms in total.